The topological polar surface area (TPSA) is 26.0 Å². The summed E-state index contributed by atoms with van der Waals surface area (Å²) in [6.45, 7) is 0. The second-order valence-corrected chi connectivity index (χ2v) is 5.17. The van der Waals surface area contributed by atoms with Crippen LogP contribution in [0.25, 0.3) is 0 Å². The lowest BCUT2D eigenvalue weighted by Crippen LogP contribution is -2.07. The molecule has 0 radical (unpaired) electrons. The van der Waals surface area contributed by atoms with Crippen molar-refractivity contribution in [2.45, 2.75) is 38.0 Å². The van der Waals surface area contributed by atoms with Crippen LogP contribution in [-0.2, 0) is 6.42 Å². The van der Waals surface area contributed by atoms with Crippen LogP contribution >= 0.6 is 11.6 Å². The molecule has 0 aromatic carbocycles. The van der Waals surface area contributed by atoms with Crippen LogP contribution in [0.3, 0.4) is 0 Å². The minimum absolute atomic E-state index is 0.594. The Morgan fingerprint density at radius 3 is 3.27 bits per heavy atom. The predicted octanol–water partition coefficient (Wildman–Crippen LogP) is 3.36. The third kappa shape index (κ3) is 1.80. The van der Waals surface area contributed by atoms with Crippen LogP contribution in [0.15, 0.2) is 10.6 Å². The second-order valence-electron chi connectivity index (χ2n) is 4.79. The summed E-state index contributed by atoms with van der Waals surface area (Å²) in [4.78, 5) is 4.28. The Labute approximate surface area is 95.0 Å². The summed E-state index contributed by atoms with van der Waals surface area (Å²) in [7, 11) is 0. The molecule has 2 nitrogen and oxygen atoms in total. The summed E-state index contributed by atoms with van der Waals surface area (Å²) < 4.78 is 5.77. The fraction of sp³-hybridized carbons (Fsp3) is 0.750. The van der Waals surface area contributed by atoms with Crippen LogP contribution in [0.1, 0.15) is 43.3 Å². The Morgan fingerprint density at radius 1 is 1.47 bits per heavy atom. The predicted molar refractivity (Wildman–Crippen MR) is 59.1 cm³/mol. The highest BCUT2D eigenvalue weighted by Gasteiger charge is 2.46. The fourth-order valence-corrected chi connectivity index (χ4v) is 3.12. The first-order chi connectivity index (χ1) is 7.38. The first-order valence-corrected chi connectivity index (χ1v) is 6.42. The van der Waals surface area contributed by atoms with Crippen LogP contribution in [0.5, 0.6) is 0 Å². The summed E-state index contributed by atoms with van der Waals surface area (Å²) in [6.07, 6.45) is 8.17. The number of nitrogens with zero attached hydrogens (tertiary/aromatic N) is 1. The lowest BCUT2D eigenvalue weighted by atomic mass is 9.88. The van der Waals surface area contributed by atoms with E-state index >= 15 is 0 Å². The van der Waals surface area contributed by atoms with Crippen molar-refractivity contribution in [2.24, 2.45) is 11.8 Å². The molecule has 1 aromatic rings. The lowest BCUT2D eigenvalue weighted by Gasteiger charge is -2.18. The molecular formula is C12H16ClNO. The average Bonchev–Trinajstić information content (AvgIpc) is 2.91. The van der Waals surface area contributed by atoms with Crippen LogP contribution < -0.4 is 0 Å². The average molecular weight is 226 g/mol. The molecule has 2 saturated carbocycles. The fourth-order valence-electron chi connectivity index (χ4n) is 2.96. The van der Waals surface area contributed by atoms with E-state index in [2.05, 4.69) is 4.98 Å². The molecule has 0 aliphatic heterocycles. The van der Waals surface area contributed by atoms with E-state index in [0.29, 0.717) is 11.8 Å². The maximum atomic E-state index is 5.77. The zero-order valence-electron chi connectivity index (χ0n) is 8.79. The Kier molecular flexibility index (Phi) is 2.47. The second kappa shape index (κ2) is 3.82. The molecule has 0 saturated heterocycles. The molecule has 0 N–H and O–H groups in total. The first-order valence-electron chi connectivity index (χ1n) is 5.89. The quantitative estimate of drug-likeness (QED) is 0.738. The molecule has 15 heavy (non-hydrogen) atoms. The van der Waals surface area contributed by atoms with Gasteiger partial charge >= 0.3 is 0 Å². The van der Waals surface area contributed by atoms with Gasteiger partial charge in [-0.1, -0.05) is 12.8 Å². The van der Waals surface area contributed by atoms with Crippen molar-refractivity contribution >= 4 is 11.6 Å². The standard InChI is InChI=1S/C12H16ClNO/c13-5-4-12-14-7-11(15-12)9-3-1-2-8-6-10(8)9/h7-10H,1-6H2. The number of hydrogen-bond acceptors (Lipinski definition) is 2. The van der Waals surface area contributed by atoms with Gasteiger partial charge in [0.05, 0.1) is 6.20 Å². The number of aryl methyl sites for hydroxylation is 1. The van der Waals surface area contributed by atoms with E-state index < -0.39 is 0 Å². The highest BCUT2D eigenvalue weighted by molar-refractivity contribution is 6.17. The monoisotopic (exact) mass is 225 g/mol. The molecule has 1 heterocycles. The van der Waals surface area contributed by atoms with Gasteiger partial charge in [-0.15, -0.1) is 11.6 Å². The van der Waals surface area contributed by atoms with Gasteiger partial charge in [0, 0.05) is 18.2 Å². The molecule has 0 amide bonds. The molecule has 3 rings (SSSR count). The van der Waals surface area contributed by atoms with Gasteiger partial charge in [-0.2, -0.15) is 0 Å². The van der Waals surface area contributed by atoms with Gasteiger partial charge in [-0.05, 0) is 24.7 Å². The molecule has 3 atom stereocenters. The Hall–Kier alpha value is -0.500. The van der Waals surface area contributed by atoms with Crippen molar-refractivity contribution in [1.29, 1.82) is 0 Å². The van der Waals surface area contributed by atoms with Crippen molar-refractivity contribution < 1.29 is 4.42 Å². The summed E-state index contributed by atoms with van der Waals surface area (Å²) in [5, 5.41) is 0. The van der Waals surface area contributed by atoms with Gasteiger partial charge in [-0.25, -0.2) is 4.98 Å². The summed E-state index contributed by atoms with van der Waals surface area (Å²) in [5.41, 5.74) is 0. The largest absolute Gasteiger partial charge is 0.445 e. The van der Waals surface area contributed by atoms with E-state index in [0.717, 1.165) is 29.9 Å². The molecule has 3 unspecified atom stereocenters. The maximum Gasteiger partial charge on any atom is 0.195 e. The van der Waals surface area contributed by atoms with Crippen LogP contribution in [0.2, 0.25) is 0 Å². The smallest absolute Gasteiger partial charge is 0.195 e. The summed E-state index contributed by atoms with van der Waals surface area (Å²) in [6, 6.07) is 0. The van der Waals surface area contributed by atoms with E-state index in [4.69, 9.17) is 16.0 Å². The number of aromatic nitrogens is 1. The van der Waals surface area contributed by atoms with Crippen LogP contribution in [-0.4, -0.2) is 10.9 Å². The van der Waals surface area contributed by atoms with E-state index in [1.807, 2.05) is 6.20 Å². The maximum absolute atomic E-state index is 5.77. The molecule has 1 aromatic heterocycles. The summed E-state index contributed by atoms with van der Waals surface area (Å²) >= 11 is 5.67. The molecule has 2 aliphatic rings. The van der Waals surface area contributed by atoms with Crippen LogP contribution in [0, 0.1) is 11.8 Å². The molecular weight excluding hydrogens is 210 g/mol. The Bertz CT molecular complexity index is 349. The van der Waals surface area contributed by atoms with Crippen molar-refractivity contribution in [3.63, 3.8) is 0 Å². The van der Waals surface area contributed by atoms with E-state index in [-0.39, 0.29) is 0 Å². The number of alkyl halides is 1. The van der Waals surface area contributed by atoms with Gasteiger partial charge in [0.15, 0.2) is 5.89 Å². The molecule has 82 valence electrons. The molecule has 0 bridgehead atoms. The van der Waals surface area contributed by atoms with Crippen molar-refractivity contribution in [3.05, 3.63) is 17.8 Å². The number of oxazole rings is 1. The minimum atomic E-state index is 0.594. The number of halogens is 1. The molecule has 2 fully saturated rings. The molecule has 3 heteroatoms. The number of hydrogen-bond donors (Lipinski definition) is 0. The summed E-state index contributed by atoms with van der Waals surface area (Å²) in [5.74, 6) is 5.06. The van der Waals surface area contributed by atoms with Crippen LogP contribution in [0.4, 0.5) is 0 Å². The SMILES string of the molecule is ClCCc1ncc(C2CCCC3CC32)o1. The normalized spacial score (nSPS) is 33.8. The zero-order valence-corrected chi connectivity index (χ0v) is 9.54. The number of fused-ring (bicyclic) bond motifs is 1. The van der Waals surface area contributed by atoms with Crippen molar-refractivity contribution in [1.82, 2.24) is 4.98 Å². The Balaban J connectivity index is 1.74. The minimum Gasteiger partial charge on any atom is -0.445 e. The van der Waals surface area contributed by atoms with E-state index in [9.17, 15) is 0 Å². The highest BCUT2D eigenvalue weighted by atomic mass is 35.5. The third-order valence-corrected chi connectivity index (χ3v) is 4.02. The van der Waals surface area contributed by atoms with E-state index in [1.165, 1.54) is 25.7 Å². The van der Waals surface area contributed by atoms with Gasteiger partial charge in [0.1, 0.15) is 5.76 Å². The third-order valence-electron chi connectivity index (χ3n) is 3.83. The Morgan fingerprint density at radius 2 is 2.40 bits per heavy atom. The van der Waals surface area contributed by atoms with Gasteiger partial charge in [0.25, 0.3) is 0 Å². The zero-order chi connectivity index (χ0) is 10.3. The van der Waals surface area contributed by atoms with E-state index in [1.54, 1.807) is 0 Å². The van der Waals surface area contributed by atoms with Crippen molar-refractivity contribution in [2.75, 3.05) is 5.88 Å². The first kappa shape index (κ1) is 9.71. The highest BCUT2D eigenvalue weighted by Crippen LogP contribution is 2.56. The molecule has 2 aliphatic carbocycles. The van der Waals surface area contributed by atoms with Gasteiger partial charge in [0.2, 0.25) is 0 Å². The lowest BCUT2D eigenvalue weighted by molar-refractivity contribution is 0.347. The number of rotatable bonds is 3. The molecule has 0 spiro atoms. The van der Waals surface area contributed by atoms with Gasteiger partial charge in [-0.3, -0.25) is 0 Å². The van der Waals surface area contributed by atoms with Crippen molar-refractivity contribution in [3.8, 4) is 0 Å². The van der Waals surface area contributed by atoms with Gasteiger partial charge < -0.3 is 4.42 Å².